The first-order valence-corrected chi connectivity index (χ1v) is 10.2. The second-order valence-electron chi connectivity index (χ2n) is 7.35. The summed E-state index contributed by atoms with van der Waals surface area (Å²) in [5.41, 5.74) is 3.41. The van der Waals surface area contributed by atoms with Gasteiger partial charge in [-0.25, -0.2) is 9.97 Å². The van der Waals surface area contributed by atoms with Gasteiger partial charge in [-0.15, -0.1) is 0 Å². The molecule has 2 amide bonds. The highest BCUT2D eigenvalue weighted by atomic mass is 35.5. The number of aromatic nitrogens is 2. The number of aromatic hydroxyl groups is 1. The Hall–Kier alpha value is -3.96. The van der Waals surface area contributed by atoms with Crippen LogP contribution in [-0.2, 0) is 13.0 Å². The number of amides is 2. The van der Waals surface area contributed by atoms with Crippen molar-refractivity contribution >= 4 is 23.4 Å². The van der Waals surface area contributed by atoms with Gasteiger partial charge in [-0.1, -0.05) is 23.7 Å². The van der Waals surface area contributed by atoms with Gasteiger partial charge in [-0.05, 0) is 53.8 Å². The smallest absolute Gasteiger partial charge is 0.270 e. The van der Waals surface area contributed by atoms with Gasteiger partial charge in [0, 0.05) is 12.6 Å². The van der Waals surface area contributed by atoms with Gasteiger partial charge in [-0.2, -0.15) is 5.26 Å². The molecule has 3 aromatic rings. The van der Waals surface area contributed by atoms with Crippen LogP contribution >= 0.6 is 11.6 Å². The molecule has 0 bridgehead atoms. The highest BCUT2D eigenvalue weighted by Gasteiger charge is 2.25. The maximum Gasteiger partial charge on any atom is 0.270 e. The summed E-state index contributed by atoms with van der Waals surface area (Å²) < 4.78 is 0. The number of benzene rings is 2. The molecule has 160 valence electrons. The first-order valence-electron chi connectivity index (χ1n) is 9.86. The van der Waals surface area contributed by atoms with Gasteiger partial charge in [0.1, 0.15) is 23.5 Å². The Morgan fingerprint density at radius 2 is 1.91 bits per heavy atom. The molecule has 9 heteroatoms. The Morgan fingerprint density at radius 1 is 1.12 bits per heavy atom. The summed E-state index contributed by atoms with van der Waals surface area (Å²) in [6.07, 6.45) is 2.66. The van der Waals surface area contributed by atoms with Crippen LogP contribution in [0.4, 0.5) is 0 Å². The van der Waals surface area contributed by atoms with Crippen molar-refractivity contribution < 1.29 is 14.7 Å². The highest BCUT2D eigenvalue weighted by molar-refractivity contribution is 6.32. The Labute approximate surface area is 188 Å². The number of carbonyl (C=O) groups excluding carboxylic acids is 2. The van der Waals surface area contributed by atoms with E-state index in [-0.39, 0.29) is 34.7 Å². The lowest BCUT2D eigenvalue weighted by Crippen LogP contribution is -2.29. The molecule has 0 saturated carbocycles. The zero-order chi connectivity index (χ0) is 22.7. The number of nitrogens with one attached hydrogen (secondary N) is 2. The molecule has 1 aromatic heterocycles. The third-order valence-electron chi connectivity index (χ3n) is 5.25. The topological polar surface area (TPSA) is 128 Å². The Bertz CT molecular complexity index is 1250. The van der Waals surface area contributed by atoms with Crippen LogP contribution in [0.3, 0.4) is 0 Å². The zero-order valence-corrected chi connectivity index (χ0v) is 17.6. The number of phenolic OH excluding ortho intramolecular Hbond substituents is 1. The lowest BCUT2D eigenvalue weighted by molar-refractivity contribution is 0.0931. The second-order valence-corrected chi connectivity index (χ2v) is 7.75. The number of rotatable bonds is 5. The van der Waals surface area contributed by atoms with Crippen molar-refractivity contribution in [3.63, 3.8) is 0 Å². The highest BCUT2D eigenvalue weighted by Crippen LogP contribution is 2.31. The fraction of sp³-hybridized carbons (Fsp3) is 0.174. The maximum atomic E-state index is 12.7. The number of carbonyl (C=O) groups is 2. The molecule has 0 fully saturated rings. The molecule has 8 nitrogen and oxygen atoms in total. The van der Waals surface area contributed by atoms with Gasteiger partial charge in [-0.3, -0.25) is 9.59 Å². The molecule has 0 aliphatic heterocycles. The third kappa shape index (κ3) is 4.53. The molecule has 1 aliphatic rings. The van der Waals surface area contributed by atoms with E-state index in [9.17, 15) is 14.7 Å². The molecule has 0 saturated heterocycles. The van der Waals surface area contributed by atoms with Gasteiger partial charge < -0.3 is 15.7 Å². The maximum absolute atomic E-state index is 12.7. The van der Waals surface area contributed by atoms with E-state index in [0.29, 0.717) is 11.1 Å². The van der Waals surface area contributed by atoms with Crippen molar-refractivity contribution in [1.29, 1.82) is 5.26 Å². The molecule has 2 aromatic carbocycles. The van der Waals surface area contributed by atoms with Crippen LogP contribution in [0.1, 0.15) is 55.7 Å². The largest absolute Gasteiger partial charge is 0.506 e. The summed E-state index contributed by atoms with van der Waals surface area (Å²) in [6.45, 7) is 0.151. The van der Waals surface area contributed by atoms with E-state index >= 15 is 0 Å². The number of halogens is 1. The second kappa shape index (κ2) is 9.04. The molecule has 0 radical (unpaired) electrons. The zero-order valence-electron chi connectivity index (χ0n) is 16.8. The molecular weight excluding hydrogens is 430 g/mol. The number of phenols is 1. The summed E-state index contributed by atoms with van der Waals surface area (Å²) in [7, 11) is 0. The third-order valence-corrected chi connectivity index (χ3v) is 5.57. The predicted molar refractivity (Wildman–Crippen MR) is 116 cm³/mol. The van der Waals surface area contributed by atoms with Crippen LogP contribution in [0.5, 0.6) is 5.75 Å². The Balaban J connectivity index is 1.41. The van der Waals surface area contributed by atoms with Crippen LogP contribution in [0.2, 0.25) is 5.02 Å². The summed E-state index contributed by atoms with van der Waals surface area (Å²) >= 11 is 5.78. The van der Waals surface area contributed by atoms with Crippen molar-refractivity contribution in [3.05, 3.63) is 87.5 Å². The number of hydrogen-bond donors (Lipinski definition) is 3. The minimum absolute atomic E-state index is 0.0498. The van der Waals surface area contributed by atoms with Crippen molar-refractivity contribution in [3.8, 4) is 11.8 Å². The van der Waals surface area contributed by atoms with E-state index in [2.05, 4.69) is 26.7 Å². The molecule has 3 N–H and O–H groups in total. The van der Waals surface area contributed by atoms with Gasteiger partial charge in [0.05, 0.1) is 22.7 Å². The van der Waals surface area contributed by atoms with E-state index in [1.807, 2.05) is 12.1 Å². The Morgan fingerprint density at radius 3 is 2.66 bits per heavy atom. The molecule has 0 unspecified atom stereocenters. The monoisotopic (exact) mass is 447 g/mol. The summed E-state index contributed by atoms with van der Waals surface area (Å²) in [6, 6.07) is 13.4. The fourth-order valence-electron chi connectivity index (χ4n) is 3.62. The van der Waals surface area contributed by atoms with Crippen molar-refractivity contribution in [1.82, 2.24) is 20.6 Å². The molecule has 1 aliphatic carbocycles. The van der Waals surface area contributed by atoms with E-state index < -0.39 is 11.8 Å². The van der Waals surface area contributed by atoms with E-state index in [4.69, 9.17) is 16.9 Å². The molecule has 1 heterocycles. The first kappa shape index (κ1) is 21.3. The molecule has 0 spiro atoms. The minimum Gasteiger partial charge on any atom is -0.506 e. The summed E-state index contributed by atoms with van der Waals surface area (Å²) in [4.78, 5) is 33.1. The summed E-state index contributed by atoms with van der Waals surface area (Å²) in [5, 5.41) is 24.6. The van der Waals surface area contributed by atoms with Crippen molar-refractivity contribution in [2.75, 3.05) is 0 Å². The Kier molecular flexibility index (Phi) is 6.01. The number of hydrogen-bond acceptors (Lipinski definition) is 6. The SMILES string of the molecule is N#Cc1ccc2c(c1)CC[C@@H]2NC(=O)c1cc(C(=O)NCc2ccc(Cl)c(O)c2)ncn1. The van der Waals surface area contributed by atoms with Crippen LogP contribution in [0.25, 0.3) is 0 Å². The molecule has 1 atom stereocenters. The van der Waals surface area contributed by atoms with Crippen LogP contribution in [-0.4, -0.2) is 26.9 Å². The number of nitrogens with zero attached hydrogens (tertiary/aromatic N) is 3. The quantitative estimate of drug-likeness (QED) is 0.551. The van der Waals surface area contributed by atoms with Gasteiger partial charge in [0.15, 0.2) is 0 Å². The first-order chi connectivity index (χ1) is 15.4. The number of aryl methyl sites for hydroxylation is 1. The van der Waals surface area contributed by atoms with Crippen molar-refractivity contribution in [2.24, 2.45) is 0 Å². The lowest BCUT2D eigenvalue weighted by atomic mass is 10.1. The van der Waals surface area contributed by atoms with Gasteiger partial charge >= 0.3 is 0 Å². The van der Waals surface area contributed by atoms with Gasteiger partial charge in [0.25, 0.3) is 11.8 Å². The number of nitriles is 1. The molecular formula is C23H18ClN5O3. The average Bonchev–Trinajstić information content (AvgIpc) is 3.21. The fourth-order valence-corrected chi connectivity index (χ4v) is 3.73. The average molecular weight is 448 g/mol. The normalized spacial score (nSPS) is 14.3. The van der Waals surface area contributed by atoms with E-state index in [1.54, 1.807) is 12.1 Å². The van der Waals surface area contributed by atoms with Crippen LogP contribution < -0.4 is 10.6 Å². The molecule has 32 heavy (non-hydrogen) atoms. The number of fused-ring (bicyclic) bond motifs is 1. The summed E-state index contributed by atoms with van der Waals surface area (Å²) in [5.74, 6) is -0.964. The van der Waals surface area contributed by atoms with E-state index in [0.717, 1.165) is 24.0 Å². The van der Waals surface area contributed by atoms with Crippen molar-refractivity contribution in [2.45, 2.75) is 25.4 Å². The lowest BCUT2D eigenvalue weighted by Gasteiger charge is -2.14. The standard InChI is InChI=1S/C23H18ClN5O3/c24-17-5-2-14(8-21(17)30)11-26-22(31)19-9-20(28-12-27-19)23(32)29-18-6-3-15-7-13(10-25)1-4-16(15)18/h1-2,4-5,7-9,12,18,30H,3,6,11H2,(H,26,31)(H,29,32)/t18-/m0/s1. The van der Waals surface area contributed by atoms with Crippen LogP contribution in [0, 0.1) is 11.3 Å². The minimum atomic E-state index is -0.480. The van der Waals surface area contributed by atoms with Gasteiger partial charge in [0.2, 0.25) is 0 Å². The predicted octanol–water partition coefficient (Wildman–Crippen LogP) is 3.05. The molecule has 4 rings (SSSR count). The van der Waals surface area contributed by atoms with E-state index in [1.165, 1.54) is 24.5 Å². The van der Waals surface area contributed by atoms with Crippen LogP contribution in [0.15, 0.2) is 48.8 Å².